The fourth-order valence-corrected chi connectivity index (χ4v) is 6.46. The number of rotatable bonds is 7. The molecule has 15 heteroatoms. The van der Waals surface area contributed by atoms with E-state index in [1.54, 1.807) is 13.0 Å². The minimum absolute atomic E-state index is 0.0268. The molecule has 0 bridgehead atoms. The Balaban J connectivity index is 1.39. The molecular weight excluding hydrogens is 588 g/mol. The number of halogens is 4. The number of piperidine rings is 1. The van der Waals surface area contributed by atoms with Crippen molar-refractivity contribution in [3.8, 4) is 17.1 Å². The first-order valence-corrected chi connectivity index (χ1v) is 16.1. The number of aryl methyl sites for hydroxylation is 1. The Bertz CT molecular complexity index is 1560. The second-order valence-corrected chi connectivity index (χ2v) is 13.3. The van der Waals surface area contributed by atoms with E-state index in [0.29, 0.717) is 30.9 Å². The number of imidazole rings is 1. The molecule has 10 nitrogen and oxygen atoms in total. The summed E-state index contributed by atoms with van der Waals surface area (Å²) < 4.78 is 83.8. The third-order valence-corrected chi connectivity index (χ3v) is 9.38. The topological polar surface area (TPSA) is 99.5 Å². The molecule has 2 saturated heterocycles. The van der Waals surface area contributed by atoms with Gasteiger partial charge in [-0.1, -0.05) is 0 Å². The molecule has 2 fully saturated rings. The van der Waals surface area contributed by atoms with Crippen molar-refractivity contribution in [3.63, 3.8) is 0 Å². The molecule has 0 unspecified atom stereocenters. The van der Waals surface area contributed by atoms with Crippen molar-refractivity contribution in [1.29, 1.82) is 0 Å². The van der Waals surface area contributed by atoms with Crippen molar-refractivity contribution in [2.75, 3.05) is 55.7 Å². The summed E-state index contributed by atoms with van der Waals surface area (Å²) in [5.74, 6) is -0.250. The monoisotopic (exact) mass is 624 g/mol. The number of anilines is 2. The minimum atomic E-state index is -4.75. The third-order valence-electron chi connectivity index (χ3n) is 8.08. The molecule has 234 valence electrons. The highest BCUT2D eigenvalue weighted by Gasteiger charge is 2.37. The normalized spacial score (nSPS) is 18.0. The van der Waals surface area contributed by atoms with Crippen LogP contribution in [-0.4, -0.2) is 94.7 Å². The number of benzene rings is 1. The summed E-state index contributed by atoms with van der Waals surface area (Å²) in [4.78, 5) is 16.9. The number of nitrogens with zero attached hydrogens (tertiary/aromatic N) is 7. The van der Waals surface area contributed by atoms with Gasteiger partial charge in [0.1, 0.15) is 28.6 Å². The largest absolute Gasteiger partial charge is 0.420 e. The molecular formula is C28H36F4N8O2S. The smallest absolute Gasteiger partial charge is 0.369 e. The summed E-state index contributed by atoms with van der Waals surface area (Å²) in [6, 6.07) is 5.09. The van der Waals surface area contributed by atoms with E-state index in [1.807, 2.05) is 6.07 Å². The van der Waals surface area contributed by atoms with E-state index in [4.69, 9.17) is 0 Å². The number of nitrogens with one attached hydrogen (secondary N) is 1. The summed E-state index contributed by atoms with van der Waals surface area (Å²) in [7, 11) is -3.32. The number of aromatic nitrogens is 4. The minimum Gasteiger partial charge on any atom is -0.369 e. The van der Waals surface area contributed by atoms with Gasteiger partial charge in [-0.05, 0) is 51.8 Å². The molecule has 0 aliphatic carbocycles. The van der Waals surface area contributed by atoms with Crippen molar-refractivity contribution in [3.05, 3.63) is 47.8 Å². The first-order valence-electron chi connectivity index (χ1n) is 14.2. The van der Waals surface area contributed by atoms with E-state index < -0.39 is 33.3 Å². The lowest BCUT2D eigenvalue weighted by molar-refractivity contribution is -0.137. The van der Waals surface area contributed by atoms with Crippen LogP contribution in [0.15, 0.2) is 30.6 Å². The molecule has 0 spiro atoms. The number of hydrogen-bond donors (Lipinski definition) is 1. The van der Waals surface area contributed by atoms with Crippen LogP contribution in [0.5, 0.6) is 0 Å². The van der Waals surface area contributed by atoms with E-state index in [2.05, 4.69) is 43.9 Å². The number of sulfonamides is 1. The van der Waals surface area contributed by atoms with Crippen LogP contribution < -0.4 is 10.2 Å². The average Bonchev–Trinajstić information content (AvgIpc) is 3.33. The van der Waals surface area contributed by atoms with Gasteiger partial charge in [-0.2, -0.15) is 13.2 Å². The van der Waals surface area contributed by atoms with Gasteiger partial charge in [0.2, 0.25) is 16.0 Å². The van der Waals surface area contributed by atoms with Crippen LogP contribution in [0, 0.1) is 12.7 Å². The Morgan fingerprint density at radius 1 is 1.02 bits per heavy atom. The van der Waals surface area contributed by atoms with Gasteiger partial charge in [0.05, 0.1) is 11.9 Å². The fourth-order valence-electron chi connectivity index (χ4n) is 5.58. The highest BCUT2D eigenvalue weighted by Crippen LogP contribution is 2.36. The maximum absolute atomic E-state index is 15.4. The average molecular weight is 625 g/mol. The maximum atomic E-state index is 15.4. The van der Waals surface area contributed by atoms with Gasteiger partial charge in [-0.25, -0.2) is 32.1 Å². The van der Waals surface area contributed by atoms with Crippen LogP contribution in [0.25, 0.3) is 17.1 Å². The summed E-state index contributed by atoms with van der Waals surface area (Å²) in [6.07, 6.45) is -0.659. The third kappa shape index (κ3) is 6.93. The highest BCUT2D eigenvalue weighted by atomic mass is 32.2. The molecule has 2 aliphatic heterocycles. The second kappa shape index (κ2) is 12.0. The maximum Gasteiger partial charge on any atom is 0.420 e. The number of hydrogen-bond acceptors (Lipinski definition) is 8. The molecule has 43 heavy (non-hydrogen) atoms. The summed E-state index contributed by atoms with van der Waals surface area (Å²) in [5.41, 5.74) is -0.655. The van der Waals surface area contributed by atoms with Crippen molar-refractivity contribution < 1.29 is 26.0 Å². The Morgan fingerprint density at radius 3 is 2.28 bits per heavy atom. The lowest BCUT2D eigenvalue weighted by Crippen LogP contribution is -2.48. The molecule has 0 saturated carbocycles. The summed E-state index contributed by atoms with van der Waals surface area (Å²) in [6.45, 7) is 9.75. The molecule has 3 aromatic rings. The molecule has 0 atom stereocenters. The van der Waals surface area contributed by atoms with E-state index in [0.717, 1.165) is 38.1 Å². The Hall–Kier alpha value is -3.30. The van der Waals surface area contributed by atoms with Crippen LogP contribution in [0.1, 0.15) is 38.1 Å². The van der Waals surface area contributed by atoms with E-state index in [-0.39, 0.29) is 36.5 Å². The van der Waals surface area contributed by atoms with Gasteiger partial charge in [0.15, 0.2) is 0 Å². The van der Waals surface area contributed by atoms with Crippen LogP contribution >= 0.6 is 0 Å². The highest BCUT2D eigenvalue weighted by molar-refractivity contribution is 7.88. The molecule has 4 heterocycles. The molecule has 1 aromatic carbocycles. The van der Waals surface area contributed by atoms with E-state index >= 15 is 4.39 Å². The second-order valence-electron chi connectivity index (χ2n) is 11.3. The first-order chi connectivity index (χ1) is 20.2. The van der Waals surface area contributed by atoms with E-state index in [1.165, 1.54) is 21.1 Å². The van der Waals surface area contributed by atoms with Gasteiger partial charge < -0.3 is 14.8 Å². The van der Waals surface area contributed by atoms with Crippen LogP contribution in [0.2, 0.25) is 0 Å². The quantitative estimate of drug-likeness (QED) is 0.392. The SMILES string of the molecule is Cc1nc(-c2nc(NC3CCN(S(C)(=O)=O)CC3)ncc2C(F)(F)F)cn1-c1ccc(N2CCN(C(C)C)CC2)cc1F. The van der Waals surface area contributed by atoms with Crippen LogP contribution in [0.3, 0.4) is 0 Å². The van der Waals surface area contributed by atoms with Crippen molar-refractivity contribution in [2.24, 2.45) is 0 Å². The summed E-state index contributed by atoms with van der Waals surface area (Å²) >= 11 is 0. The van der Waals surface area contributed by atoms with Gasteiger partial charge in [0, 0.05) is 69.4 Å². The van der Waals surface area contributed by atoms with Crippen LogP contribution in [0.4, 0.5) is 29.2 Å². The zero-order valence-corrected chi connectivity index (χ0v) is 25.4. The Kier molecular flexibility index (Phi) is 8.69. The Labute approximate surface area is 248 Å². The van der Waals surface area contributed by atoms with Gasteiger partial charge in [-0.3, -0.25) is 4.90 Å². The van der Waals surface area contributed by atoms with E-state index in [9.17, 15) is 21.6 Å². The lowest BCUT2D eigenvalue weighted by Gasteiger charge is -2.38. The van der Waals surface area contributed by atoms with Crippen molar-refractivity contribution >= 4 is 21.7 Å². The zero-order chi connectivity index (χ0) is 31.1. The predicted molar refractivity (Wildman–Crippen MR) is 156 cm³/mol. The predicted octanol–water partition coefficient (Wildman–Crippen LogP) is 4.16. The zero-order valence-electron chi connectivity index (χ0n) is 24.6. The molecule has 5 rings (SSSR count). The van der Waals surface area contributed by atoms with Gasteiger partial charge in [0.25, 0.3) is 0 Å². The molecule has 0 radical (unpaired) electrons. The molecule has 0 amide bonds. The first kappa shape index (κ1) is 31.1. The number of piperazine rings is 1. The summed E-state index contributed by atoms with van der Waals surface area (Å²) in [5, 5.41) is 3.04. The molecule has 1 N–H and O–H groups in total. The van der Waals surface area contributed by atoms with Gasteiger partial charge in [-0.15, -0.1) is 0 Å². The lowest BCUT2D eigenvalue weighted by atomic mass is 10.1. The van der Waals surface area contributed by atoms with Crippen molar-refractivity contribution in [2.45, 2.75) is 51.9 Å². The van der Waals surface area contributed by atoms with Crippen LogP contribution in [-0.2, 0) is 16.2 Å². The fraction of sp³-hybridized carbons (Fsp3) is 0.536. The van der Waals surface area contributed by atoms with Gasteiger partial charge >= 0.3 is 6.18 Å². The standard InChI is InChI=1S/C28H36F4N8O2S/c1-18(2)37-11-13-38(14-12-37)21-5-6-25(23(29)15-21)40-17-24(34-19(40)3)26-22(28(30,31)32)16-33-27(36-26)35-20-7-9-39(10-8-20)43(4,41)42/h5-6,15-18,20H,7-14H2,1-4H3,(H,33,35,36). The van der Waals surface area contributed by atoms with Crippen molar-refractivity contribution in [1.82, 2.24) is 28.7 Å². The molecule has 2 aliphatic rings. The molecule has 2 aromatic heterocycles. The Morgan fingerprint density at radius 2 is 1.70 bits per heavy atom. The number of alkyl halides is 3.